The lowest BCUT2D eigenvalue weighted by Gasteiger charge is -2.12. The van der Waals surface area contributed by atoms with Crippen LogP contribution < -0.4 is 0 Å². The molecular weight excluding hydrogens is 244 g/mol. The molecule has 0 atom stereocenters. The van der Waals surface area contributed by atoms with Crippen LogP contribution in [-0.2, 0) is 0 Å². The molecule has 0 aliphatic carbocycles. The van der Waals surface area contributed by atoms with Crippen molar-refractivity contribution < 1.29 is 4.79 Å². The minimum atomic E-state index is 0.186. The van der Waals surface area contributed by atoms with Crippen molar-refractivity contribution in [1.29, 1.82) is 0 Å². The minimum absolute atomic E-state index is 0.186. The van der Waals surface area contributed by atoms with Crippen LogP contribution in [-0.4, -0.2) is 12.0 Å². The summed E-state index contributed by atoms with van der Waals surface area (Å²) in [6, 6.07) is 3.81. The molecule has 1 aromatic heterocycles. The van der Waals surface area contributed by atoms with Crippen LogP contribution in [0.4, 0.5) is 0 Å². The largest absolute Gasteiger partial charge is 0.288 e. The predicted octanol–water partition coefficient (Wildman–Crippen LogP) is 4.16. The van der Waals surface area contributed by atoms with Gasteiger partial charge in [0, 0.05) is 5.57 Å². The zero-order valence-electron chi connectivity index (χ0n) is 8.23. The number of thioether (sulfide) groups is 2. The second kappa shape index (κ2) is 5.05. The quantitative estimate of drug-likeness (QED) is 0.754. The summed E-state index contributed by atoms with van der Waals surface area (Å²) in [5, 5.41) is 4.00. The standard InChI is InChI=1S/C11H10OS3/c1-13-11-8(4-2-7-15-11)10(12)9-5-3-6-14-9/h2-3,5-7H,4H2,1H3. The molecule has 0 aromatic carbocycles. The van der Waals surface area contributed by atoms with E-state index >= 15 is 0 Å². The van der Waals surface area contributed by atoms with Crippen molar-refractivity contribution in [1.82, 2.24) is 0 Å². The Morgan fingerprint density at radius 1 is 1.53 bits per heavy atom. The predicted molar refractivity (Wildman–Crippen MR) is 70.5 cm³/mol. The van der Waals surface area contributed by atoms with Gasteiger partial charge in [0.25, 0.3) is 0 Å². The van der Waals surface area contributed by atoms with Crippen molar-refractivity contribution in [3.63, 3.8) is 0 Å². The zero-order chi connectivity index (χ0) is 10.7. The van der Waals surface area contributed by atoms with Gasteiger partial charge in [-0.3, -0.25) is 4.79 Å². The average Bonchev–Trinajstić information content (AvgIpc) is 2.81. The molecule has 0 unspecified atom stereocenters. The van der Waals surface area contributed by atoms with Crippen molar-refractivity contribution in [2.24, 2.45) is 0 Å². The van der Waals surface area contributed by atoms with Crippen LogP contribution in [0.1, 0.15) is 16.1 Å². The lowest BCUT2D eigenvalue weighted by Crippen LogP contribution is -2.03. The lowest BCUT2D eigenvalue weighted by atomic mass is 10.1. The Morgan fingerprint density at radius 3 is 3.07 bits per heavy atom. The average molecular weight is 254 g/mol. The molecule has 0 N–H and O–H groups in total. The summed E-state index contributed by atoms with van der Waals surface area (Å²) in [4.78, 5) is 13.0. The van der Waals surface area contributed by atoms with Crippen LogP contribution >= 0.6 is 34.9 Å². The second-order valence-corrected chi connectivity index (χ2v) is 5.91. The van der Waals surface area contributed by atoms with E-state index in [2.05, 4.69) is 5.41 Å². The van der Waals surface area contributed by atoms with Crippen LogP contribution in [0.25, 0.3) is 0 Å². The minimum Gasteiger partial charge on any atom is -0.288 e. The molecule has 1 aliphatic rings. The number of hydrogen-bond acceptors (Lipinski definition) is 4. The summed E-state index contributed by atoms with van der Waals surface area (Å²) in [7, 11) is 0. The fourth-order valence-corrected chi connectivity index (χ4v) is 3.64. The molecule has 1 nitrogen and oxygen atoms in total. The van der Waals surface area contributed by atoms with E-state index in [1.807, 2.05) is 29.8 Å². The fourth-order valence-electron chi connectivity index (χ4n) is 1.34. The van der Waals surface area contributed by atoms with Crippen molar-refractivity contribution in [3.8, 4) is 0 Å². The Hall–Kier alpha value is -0.450. The normalized spacial score (nSPS) is 15.8. The number of carbonyl (C=O) groups is 1. The first-order valence-electron chi connectivity index (χ1n) is 4.50. The van der Waals surface area contributed by atoms with Crippen LogP contribution in [0, 0.1) is 0 Å². The molecule has 2 rings (SSSR count). The molecule has 0 bridgehead atoms. The lowest BCUT2D eigenvalue weighted by molar-refractivity contribution is 0.103. The second-order valence-electron chi connectivity index (χ2n) is 2.97. The highest BCUT2D eigenvalue weighted by Crippen LogP contribution is 2.37. The Bertz CT molecular complexity index is 415. The Balaban J connectivity index is 2.29. The number of hydrogen-bond donors (Lipinski definition) is 0. The topological polar surface area (TPSA) is 17.1 Å². The monoisotopic (exact) mass is 254 g/mol. The smallest absolute Gasteiger partial charge is 0.200 e. The number of Topliss-reactive ketones (excluding diaryl/α,β-unsaturated/α-hetero) is 1. The first-order valence-corrected chi connectivity index (χ1v) is 7.48. The Morgan fingerprint density at radius 2 is 2.40 bits per heavy atom. The summed E-state index contributed by atoms with van der Waals surface area (Å²) in [6.45, 7) is 0. The van der Waals surface area contributed by atoms with Crippen LogP contribution in [0.3, 0.4) is 0 Å². The van der Waals surface area contributed by atoms with Crippen molar-refractivity contribution in [2.75, 3.05) is 6.26 Å². The van der Waals surface area contributed by atoms with E-state index in [1.165, 1.54) is 11.3 Å². The van der Waals surface area contributed by atoms with E-state index in [0.29, 0.717) is 0 Å². The summed E-state index contributed by atoms with van der Waals surface area (Å²) < 4.78 is 1.14. The third kappa shape index (κ3) is 2.38. The van der Waals surface area contributed by atoms with Gasteiger partial charge in [0.05, 0.1) is 9.11 Å². The third-order valence-electron chi connectivity index (χ3n) is 2.04. The van der Waals surface area contributed by atoms with Gasteiger partial charge in [0.2, 0.25) is 5.78 Å². The molecule has 0 amide bonds. The molecule has 0 fully saturated rings. The zero-order valence-corrected chi connectivity index (χ0v) is 10.7. The Kier molecular flexibility index (Phi) is 3.72. The van der Waals surface area contributed by atoms with Gasteiger partial charge >= 0.3 is 0 Å². The molecule has 15 heavy (non-hydrogen) atoms. The van der Waals surface area contributed by atoms with Gasteiger partial charge in [0.1, 0.15) is 0 Å². The molecule has 0 spiro atoms. The van der Waals surface area contributed by atoms with Crippen molar-refractivity contribution in [3.05, 3.63) is 43.7 Å². The summed E-state index contributed by atoms with van der Waals surface area (Å²) >= 11 is 4.81. The maximum Gasteiger partial charge on any atom is 0.200 e. The van der Waals surface area contributed by atoms with Crippen LogP contribution in [0.5, 0.6) is 0 Å². The van der Waals surface area contributed by atoms with Gasteiger partial charge in [-0.25, -0.2) is 0 Å². The van der Waals surface area contributed by atoms with E-state index in [9.17, 15) is 4.79 Å². The maximum atomic E-state index is 12.1. The van der Waals surface area contributed by atoms with Gasteiger partial charge in [-0.15, -0.1) is 23.1 Å². The first-order chi connectivity index (χ1) is 7.33. The fraction of sp³-hybridized carbons (Fsp3) is 0.182. The molecule has 2 heterocycles. The summed E-state index contributed by atoms with van der Waals surface area (Å²) in [5.41, 5.74) is 0.942. The molecule has 1 aliphatic heterocycles. The van der Waals surface area contributed by atoms with E-state index in [4.69, 9.17) is 0 Å². The van der Waals surface area contributed by atoms with Gasteiger partial charge in [0.15, 0.2) is 0 Å². The molecule has 0 saturated carbocycles. The van der Waals surface area contributed by atoms with E-state index in [-0.39, 0.29) is 5.78 Å². The van der Waals surface area contributed by atoms with Crippen molar-refractivity contribution in [2.45, 2.75) is 6.42 Å². The Labute approximate surface area is 102 Å². The maximum absolute atomic E-state index is 12.1. The highest BCUT2D eigenvalue weighted by atomic mass is 32.2. The summed E-state index contributed by atoms with van der Waals surface area (Å²) in [5.74, 6) is 0.186. The molecule has 0 saturated heterocycles. The summed E-state index contributed by atoms with van der Waals surface area (Å²) in [6.07, 6.45) is 4.83. The highest BCUT2D eigenvalue weighted by Gasteiger charge is 2.18. The molecule has 78 valence electrons. The molecule has 4 heteroatoms. The van der Waals surface area contributed by atoms with E-state index in [1.54, 1.807) is 23.5 Å². The third-order valence-corrected chi connectivity index (χ3v) is 5.11. The SMILES string of the molecule is CSC1=C(C(=O)c2cccs2)CC=CS1. The number of rotatable bonds is 3. The van der Waals surface area contributed by atoms with Gasteiger partial charge < -0.3 is 0 Å². The number of allylic oxidation sites excluding steroid dienone is 2. The first kappa shape index (κ1) is 11.0. The molecular formula is C11H10OS3. The van der Waals surface area contributed by atoms with E-state index < -0.39 is 0 Å². The molecule has 1 aromatic rings. The van der Waals surface area contributed by atoms with Crippen LogP contribution in [0.15, 0.2) is 38.8 Å². The van der Waals surface area contributed by atoms with Gasteiger partial charge in [-0.1, -0.05) is 23.9 Å². The number of carbonyl (C=O) groups excluding carboxylic acids is 1. The number of thiophene rings is 1. The van der Waals surface area contributed by atoms with Crippen LogP contribution in [0.2, 0.25) is 0 Å². The highest BCUT2D eigenvalue weighted by molar-refractivity contribution is 8.23. The number of ketones is 1. The van der Waals surface area contributed by atoms with Gasteiger partial charge in [-0.2, -0.15) is 0 Å². The van der Waals surface area contributed by atoms with E-state index in [0.717, 1.165) is 21.1 Å². The van der Waals surface area contributed by atoms with Gasteiger partial charge in [-0.05, 0) is 29.5 Å². The van der Waals surface area contributed by atoms with Crippen molar-refractivity contribution >= 4 is 40.6 Å². The molecule has 0 radical (unpaired) electrons.